The normalized spacial score (nSPS) is 22.9. The highest BCUT2D eigenvalue weighted by Gasteiger charge is 2.35. The summed E-state index contributed by atoms with van der Waals surface area (Å²) in [7, 11) is 0. The average Bonchev–Trinajstić information content (AvgIpc) is 2.96. The molecule has 1 atom stereocenters. The number of nitriles is 1. The minimum atomic E-state index is -0.407. The van der Waals surface area contributed by atoms with Crippen LogP contribution in [0.1, 0.15) is 24.8 Å². The second-order valence-corrected chi connectivity index (χ2v) is 6.01. The third kappa shape index (κ3) is 2.89. The van der Waals surface area contributed by atoms with Crippen molar-refractivity contribution in [2.75, 3.05) is 31.2 Å². The fourth-order valence-corrected chi connectivity index (χ4v) is 3.31. The molecular weight excluding hydrogens is 283 g/mol. The summed E-state index contributed by atoms with van der Waals surface area (Å²) in [5.74, 6) is 0.843. The van der Waals surface area contributed by atoms with Gasteiger partial charge in [0, 0.05) is 44.2 Å². The standard InChI is InChI=1S/C16H19FN4O/c17-8-13-7-16(22)21(11-13)14-3-5-20(6-4-14)15-2-1-12(9-18)10-19-15/h1-2,10,13-14H,3-8,11H2. The molecule has 0 bridgehead atoms. The SMILES string of the molecule is N#Cc1ccc(N2CCC(N3CC(CF)CC3=O)CC2)nc1. The first-order chi connectivity index (χ1) is 10.7. The Bertz CT molecular complexity index is 575. The van der Waals surface area contributed by atoms with Gasteiger partial charge in [-0.15, -0.1) is 0 Å². The largest absolute Gasteiger partial charge is 0.356 e. The molecule has 0 spiro atoms. The molecule has 2 saturated heterocycles. The van der Waals surface area contributed by atoms with E-state index in [1.165, 1.54) is 0 Å². The molecule has 2 aliphatic rings. The molecule has 22 heavy (non-hydrogen) atoms. The molecule has 5 nitrogen and oxygen atoms in total. The lowest BCUT2D eigenvalue weighted by Gasteiger charge is -2.37. The maximum absolute atomic E-state index is 12.7. The van der Waals surface area contributed by atoms with Crippen molar-refractivity contribution >= 4 is 11.7 Å². The Labute approximate surface area is 129 Å². The number of nitrogens with zero attached hydrogens (tertiary/aromatic N) is 4. The average molecular weight is 302 g/mol. The van der Waals surface area contributed by atoms with E-state index in [-0.39, 0.29) is 17.9 Å². The van der Waals surface area contributed by atoms with E-state index in [0.717, 1.165) is 31.7 Å². The van der Waals surface area contributed by atoms with Gasteiger partial charge in [-0.25, -0.2) is 4.98 Å². The molecule has 0 aromatic carbocycles. The third-order valence-electron chi connectivity index (χ3n) is 4.56. The van der Waals surface area contributed by atoms with Crippen LogP contribution in [0.3, 0.4) is 0 Å². The number of aromatic nitrogens is 1. The quantitative estimate of drug-likeness (QED) is 0.853. The number of hydrogen-bond donors (Lipinski definition) is 0. The lowest BCUT2D eigenvalue weighted by atomic mass is 10.0. The van der Waals surface area contributed by atoms with Crippen molar-refractivity contribution in [3.63, 3.8) is 0 Å². The lowest BCUT2D eigenvalue weighted by Crippen LogP contribution is -2.45. The molecular formula is C16H19FN4O. The molecule has 0 aliphatic carbocycles. The van der Waals surface area contributed by atoms with Crippen LogP contribution in [0.2, 0.25) is 0 Å². The number of piperidine rings is 1. The van der Waals surface area contributed by atoms with Crippen molar-refractivity contribution in [3.8, 4) is 6.07 Å². The maximum atomic E-state index is 12.7. The van der Waals surface area contributed by atoms with Gasteiger partial charge in [0.25, 0.3) is 0 Å². The number of carbonyl (C=O) groups excluding carboxylic acids is 1. The van der Waals surface area contributed by atoms with Crippen LogP contribution in [-0.4, -0.2) is 48.1 Å². The Kier molecular flexibility index (Phi) is 4.23. The number of carbonyl (C=O) groups is 1. The van der Waals surface area contributed by atoms with Crippen molar-refractivity contribution < 1.29 is 9.18 Å². The Morgan fingerprint density at radius 2 is 2.14 bits per heavy atom. The number of pyridine rings is 1. The zero-order valence-corrected chi connectivity index (χ0v) is 12.4. The minimum absolute atomic E-state index is 0.0950. The van der Waals surface area contributed by atoms with E-state index in [9.17, 15) is 9.18 Å². The fourth-order valence-electron chi connectivity index (χ4n) is 3.31. The first-order valence-electron chi connectivity index (χ1n) is 7.68. The van der Waals surface area contributed by atoms with E-state index >= 15 is 0 Å². The predicted molar refractivity (Wildman–Crippen MR) is 80.0 cm³/mol. The second kappa shape index (κ2) is 6.30. The summed E-state index contributed by atoms with van der Waals surface area (Å²) in [6.07, 6.45) is 3.70. The van der Waals surface area contributed by atoms with E-state index in [1.54, 1.807) is 12.3 Å². The van der Waals surface area contributed by atoms with Crippen LogP contribution >= 0.6 is 0 Å². The predicted octanol–water partition coefficient (Wildman–Crippen LogP) is 1.74. The van der Waals surface area contributed by atoms with Crippen molar-refractivity contribution in [2.45, 2.75) is 25.3 Å². The molecule has 2 aliphatic heterocycles. The number of anilines is 1. The molecule has 0 N–H and O–H groups in total. The molecule has 3 heterocycles. The van der Waals surface area contributed by atoms with Crippen LogP contribution in [0.25, 0.3) is 0 Å². The van der Waals surface area contributed by atoms with Gasteiger partial charge in [0.05, 0.1) is 12.2 Å². The summed E-state index contributed by atoms with van der Waals surface area (Å²) in [6, 6.07) is 5.91. The van der Waals surface area contributed by atoms with Gasteiger partial charge in [0.15, 0.2) is 0 Å². The number of likely N-dealkylation sites (tertiary alicyclic amines) is 1. The topological polar surface area (TPSA) is 60.2 Å². The molecule has 3 rings (SSSR count). The highest BCUT2D eigenvalue weighted by Crippen LogP contribution is 2.27. The van der Waals surface area contributed by atoms with E-state index in [2.05, 4.69) is 16.0 Å². The smallest absolute Gasteiger partial charge is 0.223 e. The van der Waals surface area contributed by atoms with Crippen molar-refractivity contribution in [1.82, 2.24) is 9.88 Å². The maximum Gasteiger partial charge on any atom is 0.223 e. The van der Waals surface area contributed by atoms with Gasteiger partial charge in [0.2, 0.25) is 5.91 Å². The Balaban J connectivity index is 1.58. The van der Waals surface area contributed by atoms with E-state index < -0.39 is 6.67 Å². The van der Waals surface area contributed by atoms with Crippen LogP contribution in [0.4, 0.5) is 10.2 Å². The summed E-state index contributed by atoms with van der Waals surface area (Å²) >= 11 is 0. The summed E-state index contributed by atoms with van der Waals surface area (Å²) in [6.45, 7) is 1.81. The summed E-state index contributed by atoms with van der Waals surface area (Å²) in [5.41, 5.74) is 0.554. The molecule has 6 heteroatoms. The molecule has 1 amide bonds. The number of amides is 1. The van der Waals surface area contributed by atoms with E-state index in [4.69, 9.17) is 5.26 Å². The molecule has 116 valence electrons. The Hall–Kier alpha value is -2.16. The molecule has 1 aromatic heterocycles. The fraction of sp³-hybridized carbons (Fsp3) is 0.562. The summed E-state index contributed by atoms with van der Waals surface area (Å²) in [4.78, 5) is 20.3. The number of rotatable bonds is 3. The first kappa shape index (κ1) is 14.8. The summed E-state index contributed by atoms with van der Waals surface area (Å²) in [5, 5.41) is 8.79. The van der Waals surface area contributed by atoms with Crippen LogP contribution in [-0.2, 0) is 4.79 Å². The Morgan fingerprint density at radius 3 is 2.68 bits per heavy atom. The van der Waals surface area contributed by atoms with Gasteiger partial charge in [-0.1, -0.05) is 0 Å². The van der Waals surface area contributed by atoms with Crippen LogP contribution in [0.15, 0.2) is 18.3 Å². The van der Waals surface area contributed by atoms with E-state index in [0.29, 0.717) is 18.5 Å². The molecule has 1 unspecified atom stereocenters. The molecule has 0 saturated carbocycles. The number of halogens is 1. The zero-order chi connectivity index (χ0) is 15.5. The van der Waals surface area contributed by atoms with Gasteiger partial charge in [-0.05, 0) is 25.0 Å². The molecule has 0 radical (unpaired) electrons. The van der Waals surface area contributed by atoms with Crippen LogP contribution in [0.5, 0.6) is 0 Å². The first-order valence-corrected chi connectivity index (χ1v) is 7.68. The van der Waals surface area contributed by atoms with Crippen molar-refractivity contribution in [3.05, 3.63) is 23.9 Å². The molecule has 2 fully saturated rings. The van der Waals surface area contributed by atoms with Gasteiger partial charge >= 0.3 is 0 Å². The lowest BCUT2D eigenvalue weighted by molar-refractivity contribution is -0.130. The van der Waals surface area contributed by atoms with Gasteiger partial charge in [0.1, 0.15) is 11.9 Å². The van der Waals surface area contributed by atoms with Gasteiger partial charge in [-0.2, -0.15) is 5.26 Å². The second-order valence-electron chi connectivity index (χ2n) is 6.01. The van der Waals surface area contributed by atoms with E-state index in [1.807, 2.05) is 11.0 Å². The Morgan fingerprint density at radius 1 is 1.36 bits per heavy atom. The minimum Gasteiger partial charge on any atom is -0.356 e. The number of hydrogen-bond acceptors (Lipinski definition) is 4. The highest BCUT2D eigenvalue weighted by molar-refractivity contribution is 5.79. The van der Waals surface area contributed by atoms with Crippen LogP contribution in [0, 0.1) is 17.2 Å². The van der Waals surface area contributed by atoms with Gasteiger partial charge < -0.3 is 9.80 Å². The van der Waals surface area contributed by atoms with Crippen molar-refractivity contribution in [2.24, 2.45) is 5.92 Å². The monoisotopic (exact) mass is 302 g/mol. The van der Waals surface area contributed by atoms with Crippen molar-refractivity contribution in [1.29, 1.82) is 5.26 Å². The van der Waals surface area contributed by atoms with Gasteiger partial charge in [-0.3, -0.25) is 9.18 Å². The highest BCUT2D eigenvalue weighted by atomic mass is 19.1. The summed E-state index contributed by atoms with van der Waals surface area (Å²) < 4.78 is 12.7. The number of alkyl halides is 1. The zero-order valence-electron chi connectivity index (χ0n) is 12.4. The third-order valence-corrected chi connectivity index (χ3v) is 4.56. The molecule has 1 aromatic rings. The van der Waals surface area contributed by atoms with Crippen LogP contribution < -0.4 is 4.90 Å².